The van der Waals surface area contributed by atoms with Gasteiger partial charge < -0.3 is 4.57 Å². The van der Waals surface area contributed by atoms with Crippen LogP contribution < -0.4 is 5.32 Å². The number of nitrogens with one attached hydrogen (secondary N) is 1. The van der Waals surface area contributed by atoms with Crippen molar-refractivity contribution in [1.29, 1.82) is 0 Å². The van der Waals surface area contributed by atoms with E-state index in [9.17, 15) is 17.6 Å². The minimum absolute atomic E-state index is 0.513. The van der Waals surface area contributed by atoms with E-state index in [1.165, 1.54) is 12.1 Å². The number of halogens is 4. The standard InChI is InChI=1S/C18H14F4N2/c19-17-15-10-12-2-1-3-14(16(12)24(15)9-8-23-17)11-4-6-13(7-5-11)18(20,21)22/h1-7,10,17,23H,8-9H2. The topological polar surface area (TPSA) is 17.0 Å². The lowest BCUT2D eigenvalue weighted by atomic mass is 10.0. The lowest BCUT2D eigenvalue weighted by Gasteiger charge is -2.22. The van der Waals surface area contributed by atoms with Crippen molar-refractivity contribution in [3.63, 3.8) is 0 Å². The summed E-state index contributed by atoms with van der Waals surface area (Å²) in [6.07, 6.45) is -5.59. The molecule has 1 N–H and O–H groups in total. The van der Waals surface area contributed by atoms with Crippen LogP contribution in [-0.2, 0) is 12.7 Å². The Morgan fingerprint density at radius 1 is 1.04 bits per heavy atom. The third-order valence-electron chi connectivity index (χ3n) is 4.39. The van der Waals surface area contributed by atoms with E-state index >= 15 is 0 Å². The number of aromatic nitrogens is 1. The zero-order valence-electron chi connectivity index (χ0n) is 12.6. The molecule has 0 fully saturated rings. The molecule has 2 nitrogen and oxygen atoms in total. The Hall–Kier alpha value is -2.34. The van der Waals surface area contributed by atoms with Gasteiger partial charge in [-0.15, -0.1) is 0 Å². The smallest absolute Gasteiger partial charge is 0.339 e. The fourth-order valence-electron chi connectivity index (χ4n) is 3.28. The summed E-state index contributed by atoms with van der Waals surface area (Å²) in [6.45, 7) is 1.14. The van der Waals surface area contributed by atoms with Gasteiger partial charge in [0.1, 0.15) is 0 Å². The summed E-state index contributed by atoms with van der Waals surface area (Å²) < 4.78 is 54.2. The van der Waals surface area contributed by atoms with Gasteiger partial charge in [-0.2, -0.15) is 13.2 Å². The molecule has 1 atom stereocenters. The Labute approximate surface area is 135 Å². The third kappa shape index (κ3) is 2.38. The molecule has 124 valence electrons. The van der Waals surface area contributed by atoms with Gasteiger partial charge in [0.2, 0.25) is 0 Å². The molecule has 0 bridgehead atoms. The fraction of sp³-hybridized carbons (Fsp3) is 0.222. The first-order valence-corrected chi connectivity index (χ1v) is 7.62. The highest BCUT2D eigenvalue weighted by Crippen LogP contribution is 2.36. The number of nitrogens with zero attached hydrogens (tertiary/aromatic N) is 1. The summed E-state index contributed by atoms with van der Waals surface area (Å²) in [5, 5.41) is 3.65. The summed E-state index contributed by atoms with van der Waals surface area (Å²) in [7, 11) is 0. The first kappa shape index (κ1) is 15.2. The summed E-state index contributed by atoms with van der Waals surface area (Å²) in [5.41, 5.74) is 2.22. The molecular weight excluding hydrogens is 320 g/mol. The van der Waals surface area contributed by atoms with Crippen LogP contribution in [0.3, 0.4) is 0 Å². The molecule has 2 aromatic carbocycles. The second-order valence-electron chi connectivity index (χ2n) is 5.86. The van der Waals surface area contributed by atoms with Crippen LogP contribution in [0.25, 0.3) is 22.0 Å². The Bertz CT molecular complexity index is 894. The third-order valence-corrected chi connectivity index (χ3v) is 4.39. The zero-order valence-corrected chi connectivity index (χ0v) is 12.6. The van der Waals surface area contributed by atoms with Crippen LogP contribution in [0, 0.1) is 0 Å². The quantitative estimate of drug-likeness (QED) is 0.495. The Morgan fingerprint density at radius 2 is 1.79 bits per heavy atom. The van der Waals surface area contributed by atoms with E-state index in [1.807, 2.05) is 22.8 Å². The summed E-state index contributed by atoms with van der Waals surface area (Å²) in [6, 6.07) is 12.5. The minimum Gasteiger partial charge on any atom is -0.339 e. The van der Waals surface area contributed by atoms with Gasteiger partial charge in [-0.3, -0.25) is 5.32 Å². The van der Waals surface area contributed by atoms with Gasteiger partial charge in [0.15, 0.2) is 6.30 Å². The van der Waals surface area contributed by atoms with Crippen LogP contribution in [0.2, 0.25) is 0 Å². The van der Waals surface area contributed by atoms with Crippen LogP contribution >= 0.6 is 0 Å². The maximum atomic E-state index is 14.1. The van der Waals surface area contributed by atoms with E-state index in [-0.39, 0.29) is 0 Å². The maximum absolute atomic E-state index is 14.1. The molecule has 0 radical (unpaired) electrons. The van der Waals surface area contributed by atoms with Crippen molar-refractivity contribution in [2.75, 3.05) is 6.54 Å². The lowest BCUT2D eigenvalue weighted by Crippen LogP contribution is -2.30. The SMILES string of the molecule is FC1NCCn2c1cc1cccc(-c3ccc(C(F)(F)F)cc3)c12. The average Bonchev–Trinajstić information content (AvgIpc) is 2.94. The zero-order chi connectivity index (χ0) is 16.9. The molecule has 0 amide bonds. The van der Waals surface area contributed by atoms with E-state index < -0.39 is 18.0 Å². The monoisotopic (exact) mass is 334 g/mol. The molecule has 4 rings (SSSR count). The first-order valence-electron chi connectivity index (χ1n) is 7.62. The highest BCUT2D eigenvalue weighted by molar-refractivity contribution is 5.95. The molecule has 0 aliphatic carbocycles. The molecule has 2 heterocycles. The maximum Gasteiger partial charge on any atom is 0.416 e. The van der Waals surface area contributed by atoms with Crippen molar-refractivity contribution in [3.05, 3.63) is 59.8 Å². The number of hydrogen-bond donors (Lipinski definition) is 1. The Kier molecular flexibility index (Phi) is 3.38. The van der Waals surface area contributed by atoms with Crippen LogP contribution in [0.4, 0.5) is 17.6 Å². The molecule has 1 unspecified atom stereocenters. The summed E-state index contributed by atoms with van der Waals surface area (Å²) in [5.74, 6) is 0. The van der Waals surface area contributed by atoms with Crippen molar-refractivity contribution >= 4 is 10.9 Å². The largest absolute Gasteiger partial charge is 0.416 e. The molecule has 1 aliphatic heterocycles. The Morgan fingerprint density at radius 3 is 2.50 bits per heavy atom. The van der Waals surface area contributed by atoms with Crippen molar-refractivity contribution in [1.82, 2.24) is 9.88 Å². The second kappa shape index (κ2) is 5.34. The molecule has 6 heteroatoms. The lowest BCUT2D eigenvalue weighted by molar-refractivity contribution is -0.137. The number of hydrogen-bond acceptors (Lipinski definition) is 1. The Balaban J connectivity index is 1.88. The number of para-hydroxylation sites is 1. The molecule has 3 aromatic rings. The van der Waals surface area contributed by atoms with Crippen LogP contribution in [-0.4, -0.2) is 11.1 Å². The van der Waals surface area contributed by atoms with Crippen LogP contribution in [0.1, 0.15) is 17.6 Å². The predicted octanol–water partition coefficient (Wildman–Crippen LogP) is 4.90. The van der Waals surface area contributed by atoms with E-state index in [0.717, 1.165) is 28.6 Å². The van der Waals surface area contributed by atoms with Crippen molar-refractivity contribution in [2.24, 2.45) is 0 Å². The highest BCUT2D eigenvalue weighted by Gasteiger charge is 2.30. The van der Waals surface area contributed by atoms with E-state index in [1.54, 1.807) is 6.07 Å². The average molecular weight is 334 g/mol. The molecule has 0 saturated heterocycles. The van der Waals surface area contributed by atoms with Crippen LogP contribution in [0.5, 0.6) is 0 Å². The van der Waals surface area contributed by atoms with Crippen molar-refractivity contribution in [2.45, 2.75) is 19.0 Å². The minimum atomic E-state index is -4.36. The fourth-order valence-corrected chi connectivity index (χ4v) is 3.28. The van der Waals surface area contributed by atoms with Gasteiger partial charge in [0.25, 0.3) is 0 Å². The molecule has 1 aromatic heterocycles. The number of rotatable bonds is 1. The molecular formula is C18H14F4N2. The first-order chi connectivity index (χ1) is 11.4. The van der Waals surface area contributed by atoms with E-state index in [0.29, 0.717) is 24.3 Å². The number of fused-ring (bicyclic) bond motifs is 3. The highest BCUT2D eigenvalue weighted by atomic mass is 19.4. The second-order valence-corrected chi connectivity index (χ2v) is 5.86. The normalized spacial score (nSPS) is 17.9. The van der Waals surface area contributed by atoms with Gasteiger partial charge in [-0.1, -0.05) is 30.3 Å². The van der Waals surface area contributed by atoms with Crippen LogP contribution in [0.15, 0.2) is 48.5 Å². The van der Waals surface area contributed by atoms with Gasteiger partial charge in [0, 0.05) is 24.0 Å². The van der Waals surface area contributed by atoms with E-state index in [2.05, 4.69) is 5.32 Å². The van der Waals surface area contributed by atoms with Crippen molar-refractivity contribution in [3.8, 4) is 11.1 Å². The van der Waals surface area contributed by atoms with E-state index in [4.69, 9.17) is 0 Å². The summed E-state index contributed by atoms with van der Waals surface area (Å²) >= 11 is 0. The van der Waals surface area contributed by atoms with Gasteiger partial charge >= 0.3 is 6.18 Å². The molecule has 24 heavy (non-hydrogen) atoms. The molecule has 0 saturated carbocycles. The molecule has 0 spiro atoms. The molecule has 1 aliphatic rings. The number of benzene rings is 2. The van der Waals surface area contributed by atoms with Crippen molar-refractivity contribution < 1.29 is 17.6 Å². The van der Waals surface area contributed by atoms with Gasteiger partial charge in [-0.05, 0) is 23.8 Å². The predicted molar refractivity (Wildman–Crippen MR) is 84.2 cm³/mol. The number of alkyl halides is 4. The van der Waals surface area contributed by atoms with Gasteiger partial charge in [-0.25, -0.2) is 4.39 Å². The summed E-state index contributed by atoms with van der Waals surface area (Å²) in [4.78, 5) is 0. The van der Waals surface area contributed by atoms with Gasteiger partial charge in [0.05, 0.1) is 16.8 Å².